The zero-order valence-electron chi connectivity index (χ0n) is 50.8. The van der Waals surface area contributed by atoms with Crippen LogP contribution in [0.3, 0.4) is 0 Å². The van der Waals surface area contributed by atoms with Crippen LogP contribution in [0.1, 0.15) is 107 Å². The van der Waals surface area contributed by atoms with E-state index in [1.54, 1.807) is 120 Å². The van der Waals surface area contributed by atoms with Crippen molar-refractivity contribution < 1.29 is 77.4 Å². The molecule has 88 heavy (non-hydrogen) atoms. The van der Waals surface area contributed by atoms with Gasteiger partial charge in [0.2, 0.25) is 16.8 Å². The molecule has 31 nitrogen and oxygen atoms in total. The van der Waals surface area contributed by atoms with E-state index in [-0.39, 0.29) is 43.1 Å². The smallest absolute Gasteiger partial charge is 0.311 e. The Kier molecular flexibility index (Phi) is 17.7. The summed E-state index contributed by atoms with van der Waals surface area (Å²) in [5, 5.41) is 81.3. The second kappa shape index (κ2) is 23.7. The number of anilines is 3. The number of aromatic nitrogens is 9. The van der Waals surface area contributed by atoms with Crippen LogP contribution in [0.4, 0.5) is 17.5 Å². The van der Waals surface area contributed by atoms with Crippen LogP contribution in [0.5, 0.6) is 0 Å². The Morgan fingerprint density at radius 3 is 1.22 bits per heavy atom. The number of nitrogens with two attached hydrogens (primary N) is 3. The normalized spacial score (nSPS) is 29.2. The van der Waals surface area contributed by atoms with Gasteiger partial charge in [-0.2, -0.15) is 31.1 Å². The molecule has 0 aliphatic carbocycles. The minimum Gasteiger partial charge on any atom is -0.481 e. The third-order valence-corrected chi connectivity index (χ3v) is 14.8. The van der Waals surface area contributed by atoms with Gasteiger partial charge in [-0.1, -0.05) is 0 Å². The number of aliphatic carboxylic acids is 1. The number of carboxylic acid groups (broad SMARTS) is 1. The Morgan fingerprint density at radius 1 is 0.545 bits per heavy atom. The molecule has 6 aromatic rings. The quantitative estimate of drug-likeness (QED) is 0.108. The predicted molar refractivity (Wildman–Crippen MR) is 303 cm³/mol. The van der Waals surface area contributed by atoms with Gasteiger partial charge in [0.15, 0.2) is 29.0 Å². The Bertz CT molecular complexity index is 3730. The summed E-state index contributed by atoms with van der Waals surface area (Å²) in [5.74, 6) is -2.68. The summed E-state index contributed by atoms with van der Waals surface area (Å²) in [5.41, 5.74) is 13.3. The molecule has 472 valence electrons. The molecular formula is C57H73N15O16. The molecule has 0 aromatic carbocycles. The van der Waals surface area contributed by atoms with E-state index in [9.17, 15) is 45.5 Å². The number of nitriles is 3. The highest BCUT2D eigenvalue weighted by Crippen LogP contribution is 2.51. The summed E-state index contributed by atoms with van der Waals surface area (Å²) in [6.45, 7) is 21.7. The standard InChI is InChI=1S/C20H25N5O5.C17H21N5O5.C15H17N5O4.C5H10O2/c1-18(2,3)17(26)27-8-12-14-15(30-19(4,5)29-14)20(9-21,28-12)13-7-6-11-16(22)23-10-24-25(11)13;1-16(2,3)15(25)26-6-10-12(23)13(24)17(7-18,27-10)11-5-4-9-14(19)20-8-21-22(9)11;1-14(2)23-11-9(5-21)22-15(6-16,12(11)24-14)10-4-3-8-13(17)18-7-19-20(8)10;1-5(2,3)4(6)7/h6-7,10,12,14-15H,8H2,1-5H3,(H2,22,23,24);4-5,8,10,12-13,23-24H,6H2,1-3H3,(H2,19,20,21);3-4,7,9,11-12,21H,5H2,1-2H3,(H2,17,18,19);1-3H3,(H,6,7)/t12-,14-,15-,20+;10-,12-,13-,17+;9-,11-,12-,15+;/m111./s1. The van der Waals surface area contributed by atoms with Crippen molar-refractivity contribution in [1.82, 2.24) is 43.8 Å². The third-order valence-electron chi connectivity index (χ3n) is 14.8. The number of nitrogen functional groups attached to an aromatic ring is 3. The Labute approximate surface area is 504 Å². The lowest BCUT2D eigenvalue weighted by Gasteiger charge is -2.29. The Hall–Kier alpha value is -8.26. The number of carbonyl (C=O) groups is 3. The molecule has 31 heteroatoms. The molecule has 0 spiro atoms. The van der Waals surface area contributed by atoms with Crippen molar-refractivity contribution in [3.8, 4) is 18.2 Å². The molecule has 11 rings (SSSR count). The molecule has 0 radical (unpaired) electrons. The average molecular weight is 1220 g/mol. The van der Waals surface area contributed by atoms with Gasteiger partial charge in [0.1, 0.15) is 122 Å². The minimum atomic E-state index is -1.91. The minimum absolute atomic E-state index is 0.0689. The molecule has 0 unspecified atom stereocenters. The van der Waals surface area contributed by atoms with Gasteiger partial charge >= 0.3 is 17.9 Å². The first-order valence-electron chi connectivity index (χ1n) is 27.8. The number of fused-ring (bicyclic) bond motifs is 5. The Balaban J connectivity index is 0.000000163. The van der Waals surface area contributed by atoms with Crippen molar-refractivity contribution in [1.29, 1.82) is 15.8 Å². The topological polar surface area (TPSA) is 455 Å². The molecule has 5 fully saturated rings. The van der Waals surface area contributed by atoms with Gasteiger partial charge in [0.25, 0.3) is 0 Å². The highest BCUT2D eigenvalue weighted by atomic mass is 16.8. The lowest BCUT2D eigenvalue weighted by Crippen LogP contribution is -2.41. The van der Waals surface area contributed by atoms with Gasteiger partial charge in [0, 0.05) is 0 Å². The summed E-state index contributed by atoms with van der Waals surface area (Å²) in [7, 11) is 0. The van der Waals surface area contributed by atoms with Crippen molar-refractivity contribution in [3.63, 3.8) is 0 Å². The number of aliphatic hydroxyl groups is 3. The highest BCUT2D eigenvalue weighted by molar-refractivity contribution is 5.76. The van der Waals surface area contributed by atoms with E-state index in [1.165, 1.54) is 38.6 Å². The SMILES string of the molecule is CC(C)(C)C(=O)O.CC(C)(C)C(=O)OC[C@H]1O[C@@](C#N)(c2ccc3c(N)ncnn23)[C@H](O)[C@@H]1O.CC1(C)O[C@H]2[C@@H](O1)[C@](C#N)(c1ccc3c(N)ncnn13)O[C@@H]2CO.CC1(C)O[C@H]2[C@@H](O1)[C@](C#N)(c1ccc3c(N)ncnn13)O[C@@H]2COC(=O)C(C)(C)C. The molecule has 5 aliphatic rings. The van der Waals surface area contributed by atoms with Crippen LogP contribution in [0, 0.1) is 50.2 Å². The van der Waals surface area contributed by atoms with E-state index in [0.717, 1.165) is 0 Å². The number of carbonyl (C=O) groups excluding carboxylic acids is 2. The molecule has 0 saturated carbocycles. The molecule has 10 N–H and O–H groups in total. The van der Waals surface area contributed by atoms with Gasteiger partial charge in [-0.25, -0.2) is 28.5 Å². The molecular weight excluding hydrogens is 1150 g/mol. The molecule has 6 aromatic heterocycles. The van der Waals surface area contributed by atoms with Crippen LogP contribution >= 0.6 is 0 Å². The fraction of sp³-hybridized carbons (Fsp3) is 0.579. The summed E-state index contributed by atoms with van der Waals surface area (Å²) in [6.07, 6.45) is -4.32. The maximum atomic E-state index is 12.3. The van der Waals surface area contributed by atoms with Crippen LogP contribution in [0.25, 0.3) is 16.6 Å². The lowest BCUT2D eigenvalue weighted by molar-refractivity contribution is -0.207. The average Bonchev–Trinajstić information content (AvgIpc) is 1.75. The van der Waals surface area contributed by atoms with Crippen LogP contribution < -0.4 is 17.2 Å². The summed E-state index contributed by atoms with van der Waals surface area (Å²) >= 11 is 0. The van der Waals surface area contributed by atoms with E-state index in [1.807, 2.05) is 6.07 Å². The zero-order chi connectivity index (χ0) is 65.1. The molecule has 0 bridgehead atoms. The number of esters is 2. The second-order valence-corrected chi connectivity index (χ2v) is 25.4. The number of hydrogen-bond acceptors (Lipinski definition) is 27. The van der Waals surface area contributed by atoms with E-state index in [0.29, 0.717) is 33.8 Å². The number of carboxylic acids is 1. The van der Waals surface area contributed by atoms with Crippen molar-refractivity contribution >= 4 is 51.9 Å². The van der Waals surface area contributed by atoms with Crippen molar-refractivity contribution in [2.45, 2.75) is 173 Å². The summed E-state index contributed by atoms with van der Waals surface area (Å²) < 4.78 is 56.7. The van der Waals surface area contributed by atoms with Crippen LogP contribution in [-0.2, 0) is 73.8 Å². The van der Waals surface area contributed by atoms with Crippen molar-refractivity contribution in [2.24, 2.45) is 16.2 Å². The van der Waals surface area contributed by atoms with Gasteiger partial charge < -0.3 is 80.3 Å². The van der Waals surface area contributed by atoms with E-state index in [2.05, 4.69) is 42.4 Å². The number of ether oxygens (including phenoxy) is 9. The maximum absolute atomic E-state index is 12.3. The monoisotopic (exact) mass is 1220 g/mol. The number of rotatable bonds is 8. The second-order valence-electron chi connectivity index (χ2n) is 25.4. The van der Waals surface area contributed by atoms with Gasteiger partial charge in [-0.05, 0) is 126 Å². The molecule has 0 amide bonds. The van der Waals surface area contributed by atoms with Crippen molar-refractivity contribution in [3.05, 3.63) is 72.5 Å². The third kappa shape index (κ3) is 12.1. The first kappa shape index (κ1) is 65.7. The van der Waals surface area contributed by atoms with Crippen LogP contribution in [0.15, 0.2) is 55.4 Å². The van der Waals surface area contributed by atoms with Gasteiger partial charge in [0.05, 0.1) is 39.9 Å². The number of aliphatic hydroxyl groups excluding tert-OH is 3. The summed E-state index contributed by atoms with van der Waals surface area (Å²) in [4.78, 5) is 46.0. The fourth-order valence-electron chi connectivity index (χ4n) is 10.2. The maximum Gasteiger partial charge on any atom is 0.311 e. The molecule has 5 saturated heterocycles. The van der Waals surface area contributed by atoms with Gasteiger partial charge in [-0.3, -0.25) is 14.4 Å². The van der Waals surface area contributed by atoms with E-state index in [4.69, 9.17) is 64.9 Å². The molecule has 11 heterocycles. The highest BCUT2D eigenvalue weighted by Gasteiger charge is 2.67. The van der Waals surface area contributed by atoms with Crippen LogP contribution in [-0.4, -0.2) is 168 Å². The number of nitrogens with zero attached hydrogens (tertiary/aromatic N) is 12. The van der Waals surface area contributed by atoms with Crippen LogP contribution in [0.2, 0.25) is 0 Å². The predicted octanol–water partition coefficient (Wildman–Crippen LogP) is 2.34. The Morgan fingerprint density at radius 2 is 0.875 bits per heavy atom. The zero-order valence-corrected chi connectivity index (χ0v) is 50.8. The van der Waals surface area contributed by atoms with E-state index >= 15 is 0 Å². The molecule has 5 aliphatic heterocycles. The largest absolute Gasteiger partial charge is 0.481 e. The lowest BCUT2D eigenvalue weighted by atomic mass is 9.92. The van der Waals surface area contributed by atoms with Gasteiger partial charge in [-0.15, -0.1) is 0 Å². The first-order chi connectivity index (χ1) is 41.0. The van der Waals surface area contributed by atoms with Crippen molar-refractivity contribution in [2.75, 3.05) is 37.0 Å². The fourth-order valence-corrected chi connectivity index (χ4v) is 10.2. The number of hydrogen-bond donors (Lipinski definition) is 7. The first-order valence-corrected chi connectivity index (χ1v) is 27.8. The summed E-state index contributed by atoms with van der Waals surface area (Å²) in [6, 6.07) is 16.3. The molecule has 12 atom stereocenters. The van der Waals surface area contributed by atoms with E-state index < -0.39 is 111 Å².